The predicted octanol–water partition coefficient (Wildman–Crippen LogP) is 3.24. The van der Waals surface area contributed by atoms with Crippen molar-refractivity contribution in [3.8, 4) is 0 Å². The second kappa shape index (κ2) is 4.44. The first kappa shape index (κ1) is 11.4. The Bertz CT molecular complexity index is 337. The second-order valence-electron chi connectivity index (χ2n) is 5.44. The van der Waals surface area contributed by atoms with Gasteiger partial charge in [-0.3, -0.25) is 4.79 Å². The van der Waals surface area contributed by atoms with Crippen molar-refractivity contribution in [1.82, 2.24) is 0 Å². The lowest BCUT2D eigenvalue weighted by molar-refractivity contribution is -0.116. The van der Waals surface area contributed by atoms with Crippen molar-refractivity contribution in [2.24, 2.45) is 11.3 Å². The molecule has 88 valence electrons. The number of hydrogen-bond donors (Lipinski definition) is 0. The Morgan fingerprint density at radius 2 is 2.31 bits per heavy atom. The molecule has 0 heterocycles. The van der Waals surface area contributed by atoms with Crippen LogP contribution in [0.5, 0.6) is 0 Å². The van der Waals surface area contributed by atoms with E-state index < -0.39 is 0 Å². The van der Waals surface area contributed by atoms with Crippen molar-refractivity contribution in [3.05, 3.63) is 24.0 Å². The van der Waals surface area contributed by atoms with Crippen LogP contribution in [0.25, 0.3) is 0 Å². The number of allylic oxidation sites excluding steroid dienone is 3. The zero-order valence-electron chi connectivity index (χ0n) is 10.2. The molecular weight excluding hydrogens is 200 g/mol. The van der Waals surface area contributed by atoms with Crippen LogP contribution < -0.4 is 0 Å². The highest BCUT2D eigenvalue weighted by molar-refractivity contribution is 5.91. The van der Waals surface area contributed by atoms with Crippen LogP contribution in [0.1, 0.15) is 39.5 Å². The van der Waals surface area contributed by atoms with E-state index in [1.54, 1.807) is 6.08 Å². The smallest absolute Gasteiger partial charge is 0.159 e. The third-order valence-corrected chi connectivity index (χ3v) is 3.52. The molecular formula is C14H20O2. The van der Waals surface area contributed by atoms with Gasteiger partial charge in [-0.15, -0.1) is 0 Å². The molecule has 2 aliphatic rings. The molecule has 0 unspecified atom stereocenters. The second-order valence-corrected chi connectivity index (χ2v) is 5.44. The van der Waals surface area contributed by atoms with Crippen molar-refractivity contribution < 1.29 is 9.53 Å². The monoisotopic (exact) mass is 220 g/mol. The first-order chi connectivity index (χ1) is 7.58. The molecule has 0 spiro atoms. The Morgan fingerprint density at radius 3 is 3.00 bits per heavy atom. The average Bonchev–Trinajstić information content (AvgIpc) is 2.72. The van der Waals surface area contributed by atoms with Gasteiger partial charge in [0, 0.05) is 23.8 Å². The van der Waals surface area contributed by atoms with Crippen LogP contribution in [0.2, 0.25) is 0 Å². The van der Waals surface area contributed by atoms with Crippen LogP contribution in [-0.2, 0) is 9.53 Å². The summed E-state index contributed by atoms with van der Waals surface area (Å²) in [6.45, 7) is 5.02. The minimum absolute atomic E-state index is 0.0240. The molecule has 2 nitrogen and oxygen atoms in total. The van der Waals surface area contributed by atoms with Crippen LogP contribution in [0, 0.1) is 11.3 Å². The van der Waals surface area contributed by atoms with E-state index in [1.165, 1.54) is 6.42 Å². The number of ketones is 1. The Hall–Kier alpha value is -1.05. The summed E-state index contributed by atoms with van der Waals surface area (Å²) in [7, 11) is 0. The quantitative estimate of drug-likeness (QED) is 0.682. The topological polar surface area (TPSA) is 26.3 Å². The van der Waals surface area contributed by atoms with Gasteiger partial charge in [-0.1, -0.05) is 26.0 Å². The molecule has 1 atom stereocenters. The van der Waals surface area contributed by atoms with Gasteiger partial charge in [-0.05, 0) is 19.3 Å². The summed E-state index contributed by atoms with van der Waals surface area (Å²) in [5.74, 6) is 1.62. The van der Waals surface area contributed by atoms with Gasteiger partial charge >= 0.3 is 0 Å². The molecule has 0 fully saturated rings. The van der Waals surface area contributed by atoms with Gasteiger partial charge in [-0.25, -0.2) is 0 Å². The fourth-order valence-corrected chi connectivity index (χ4v) is 2.24. The molecule has 2 aliphatic carbocycles. The number of carbonyl (C=O) groups excluding carboxylic acids is 1. The molecule has 0 aromatic heterocycles. The molecule has 0 aromatic rings. The minimum atomic E-state index is 0.0240. The van der Waals surface area contributed by atoms with Gasteiger partial charge < -0.3 is 4.74 Å². The predicted molar refractivity (Wildman–Crippen MR) is 63.9 cm³/mol. The molecule has 2 heteroatoms. The minimum Gasteiger partial charge on any atom is -0.497 e. The number of rotatable bonds is 3. The Labute approximate surface area is 97.4 Å². The van der Waals surface area contributed by atoms with Crippen LogP contribution in [-0.4, -0.2) is 12.4 Å². The van der Waals surface area contributed by atoms with Crippen molar-refractivity contribution in [2.75, 3.05) is 6.61 Å². The first-order valence-electron chi connectivity index (χ1n) is 6.12. The van der Waals surface area contributed by atoms with Crippen molar-refractivity contribution in [2.45, 2.75) is 39.5 Å². The van der Waals surface area contributed by atoms with E-state index in [9.17, 15) is 4.79 Å². The number of hydrogen-bond acceptors (Lipinski definition) is 2. The molecule has 0 saturated carbocycles. The van der Waals surface area contributed by atoms with Crippen LogP contribution >= 0.6 is 0 Å². The molecule has 0 radical (unpaired) electrons. The third-order valence-electron chi connectivity index (χ3n) is 3.52. The normalized spacial score (nSPS) is 28.0. The fraction of sp³-hybridized carbons (Fsp3) is 0.643. The van der Waals surface area contributed by atoms with Gasteiger partial charge in [0.2, 0.25) is 0 Å². The van der Waals surface area contributed by atoms with E-state index in [0.29, 0.717) is 12.3 Å². The summed E-state index contributed by atoms with van der Waals surface area (Å²) in [6, 6.07) is 0. The maximum absolute atomic E-state index is 11.4. The lowest BCUT2D eigenvalue weighted by Crippen LogP contribution is -2.24. The van der Waals surface area contributed by atoms with E-state index in [0.717, 1.165) is 25.2 Å². The zero-order chi connectivity index (χ0) is 11.6. The maximum Gasteiger partial charge on any atom is 0.159 e. The standard InChI is InChI=1S/C14H20O2/c1-14(2)8-7-12(15)9-13(14)16-10-11-5-3-4-6-11/h3,5,9,11H,4,6-8,10H2,1-2H3/t11-/m0/s1. The highest BCUT2D eigenvalue weighted by atomic mass is 16.5. The average molecular weight is 220 g/mol. The summed E-state index contributed by atoms with van der Waals surface area (Å²) < 4.78 is 5.84. The molecule has 0 aliphatic heterocycles. The van der Waals surface area contributed by atoms with Crippen LogP contribution in [0.4, 0.5) is 0 Å². The van der Waals surface area contributed by atoms with E-state index >= 15 is 0 Å². The maximum atomic E-state index is 11.4. The molecule has 2 rings (SSSR count). The molecule has 0 saturated heterocycles. The van der Waals surface area contributed by atoms with Gasteiger partial charge in [0.05, 0.1) is 6.61 Å². The Balaban J connectivity index is 1.96. The molecule has 0 N–H and O–H groups in total. The van der Waals surface area contributed by atoms with Crippen molar-refractivity contribution >= 4 is 5.78 Å². The largest absolute Gasteiger partial charge is 0.497 e. The van der Waals surface area contributed by atoms with Gasteiger partial charge in [-0.2, -0.15) is 0 Å². The van der Waals surface area contributed by atoms with Gasteiger partial charge in [0.25, 0.3) is 0 Å². The molecule has 0 aromatic carbocycles. The summed E-state index contributed by atoms with van der Waals surface area (Å²) >= 11 is 0. The summed E-state index contributed by atoms with van der Waals surface area (Å²) in [5.41, 5.74) is 0.0240. The Morgan fingerprint density at radius 1 is 1.50 bits per heavy atom. The molecule has 0 amide bonds. The SMILES string of the molecule is CC1(C)CCC(=O)C=C1OC[C@H]1C=CCC1. The van der Waals surface area contributed by atoms with Gasteiger partial charge in [0.15, 0.2) is 5.78 Å². The highest BCUT2D eigenvalue weighted by Crippen LogP contribution is 2.36. The third kappa shape index (κ3) is 2.55. The lowest BCUT2D eigenvalue weighted by atomic mass is 9.80. The fourth-order valence-electron chi connectivity index (χ4n) is 2.24. The van der Waals surface area contributed by atoms with E-state index in [-0.39, 0.29) is 11.2 Å². The van der Waals surface area contributed by atoms with E-state index in [4.69, 9.17) is 4.74 Å². The zero-order valence-corrected chi connectivity index (χ0v) is 10.2. The van der Waals surface area contributed by atoms with E-state index in [1.807, 2.05) is 0 Å². The van der Waals surface area contributed by atoms with Crippen LogP contribution in [0.3, 0.4) is 0 Å². The molecule has 0 bridgehead atoms. The summed E-state index contributed by atoms with van der Waals surface area (Å²) in [5, 5.41) is 0. The van der Waals surface area contributed by atoms with Crippen molar-refractivity contribution in [3.63, 3.8) is 0 Å². The van der Waals surface area contributed by atoms with Gasteiger partial charge in [0.1, 0.15) is 5.76 Å². The summed E-state index contributed by atoms with van der Waals surface area (Å²) in [4.78, 5) is 11.4. The first-order valence-corrected chi connectivity index (χ1v) is 6.12. The van der Waals surface area contributed by atoms with Crippen LogP contribution in [0.15, 0.2) is 24.0 Å². The number of ether oxygens (including phenoxy) is 1. The number of carbonyl (C=O) groups is 1. The summed E-state index contributed by atoms with van der Waals surface area (Å²) in [6.07, 6.45) is 10.0. The van der Waals surface area contributed by atoms with E-state index in [2.05, 4.69) is 26.0 Å². The highest BCUT2D eigenvalue weighted by Gasteiger charge is 2.30. The molecule has 16 heavy (non-hydrogen) atoms. The van der Waals surface area contributed by atoms with Crippen molar-refractivity contribution in [1.29, 1.82) is 0 Å². The lowest BCUT2D eigenvalue weighted by Gasteiger charge is -2.31. The Kier molecular flexibility index (Phi) is 3.17.